The van der Waals surface area contributed by atoms with E-state index < -0.39 is 15.9 Å². The number of carbonyl (C=O) groups is 1. The van der Waals surface area contributed by atoms with Gasteiger partial charge in [-0.2, -0.15) is 0 Å². The molecule has 3 aromatic rings. The number of amides is 1. The molecule has 0 aliphatic rings. The third-order valence-electron chi connectivity index (χ3n) is 3.66. The van der Waals surface area contributed by atoms with Gasteiger partial charge in [-0.1, -0.05) is 6.07 Å². The van der Waals surface area contributed by atoms with E-state index in [0.717, 1.165) is 16.5 Å². The summed E-state index contributed by atoms with van der Waals surface area (Å²) in [6.07, 6.45) is 1.68. The summed E-state index contributed by atoms with van der Waals surface area (Å²) in [5.41, 5.74) is 6.73. The third-order valence-corrected chi connectivity index (χ3v) is 5.06. The van der Waals surface area contributed by atoms with E-state index in [0.29, 0.717) is 5.69 Å². The minimum atomic E-state index is -3.75. The van der Waals surface area contributed by atoms with Gasteiger partial charge in [0.1, 0.15) is 0 Å². The summed E-state index contributed by atoms with van der Waals surface area (Å²) >= 11 is 0. The van der Waals surface area contributed by atoms with Crippen molar-refractivity contribution in [1.82, 2.24) is 4.98 Å². The lowest BCUT2D eigenvalue weighted by Gasteiger charge is -2.10. The lowest BCUT2D eigenvalue weighted by Crippen LogP contribution is -2.14. The van der Waals surface area contributed by atoms with E-state index in [1.54, 1.807) is 18.3 Å². The zero-order valence-corrected chi connectivity index (χ0v) is 13.7. The predicted octanol–water partition coefficient (Wildman–Crippen LogP) is 2.44. The van der Waals surface area contributed by atoms with Gasteiger partial charge in [0.2, 0.25) is 5.91 Å². The zero-order chi connectivity index (χ0) is 17.3. The molecule has 1 amide bonds. The molecule has 1 aromatic heterocycles. The Morgan fingerprint density at radius 2 is 1.79 bits per heavy atom. The van der Waals surface area contributed by atoms with Gasteiger partial charge in [0.05, 0.1) is 4.90 Å². The van der Waals surface area contributed by atoms with Crippen LogP contribution < -0.4 is 10.5 Å². The molecule has 0 atom stereocenters. The van der Waals surface area contributed by atoms with Crippen LogP contribution in [0.25, 0.3) is 10.8 Å². The van der Waals surface area contributed by atoms with Crippen LogP contribution in [-0.2, 0) is 10.0 Å². The maximum absolute atomic E-state index is 12.4. The monoisotopic (exact) mass is 341 g/mol. The number of fused-ring (bicyclic) bond motifs is 1. The average molecular weight is 341 g/mol. The van der Waals surface area contributed by atoms with Crippen molar-refractivity contribution < 1.29 is 13.2 Å². The summed E-state index contributed by atoms with van der Waals surface area (Å²) in [4.78, 5) is 15.3. The summed E-state index contributed by atoms with van der Waals surface area (Å²) in [5.74, 6) is -0.606. The number of benzene rings is 2. The molecule has 0 aliphatic heterocycles. The molecule has 3 N–H and O–H groups in total. The number of aromatic nitrogens is 1. The van der Waals surface area contributed by atoms with E-state index >= 15 is 0 Å². The molecule has 24 heavy (non-hydrogen) atoms. The summed E-state index contributed by atoms with van der Waals surface area (Å²) in [7, 11) is -3.75. The number of nitrogens with one attached hydrogen (secondary N) is 1. The van der Waals surface area contributed by atoms with Crippen LogP contribution in [0.5, 0.6) is 0 Å². The van der Waals surface area contributed by atoms with Crippen molar-refractivity contribution in [3.63, 3.8) is 0 Å². The van der Waals surface area contributed by atoms with Crippen LogP contribution in [0.3, 0.4) is 0 Å². The lowest BCUT2D eigenvalue weighted by atomic mass is 10.1. The van der Waals surface area contributed by atoms with Crippen molar-refractivity contribution in [3.05, 3.63) is 66.0 Å². The number of hydrogen-bond acceptors (Lipinski definition) is 4. The Hall–Kier alpha value is -2.93. The minimum absolute atomic E-state index is 0.0542. The molecule has 0 saturated carbocycles. The molecule has 0 saturated heterocycles. The first-order chi connectivity index (χ1) is 11.4. The predicted molar refractivity (Wildman–Crippen MR) is 92.2 cm³/mol. The van der Waals surface area contributed by atoms with Gasteiger partial charge in [-0.15, -0.1) is 0 Å². The molecule has 0 radical (unpaired) electrons. The normalized spacial score (nSPS) is 11.4. The molecule has 0 unspecified atom stereocenters. The van der Waals surface area contributed by atoms with Gasteiger partial charge in [0, 0.05) is 28.5 Å². The first kappa shape index (κ1) is 15.9. The fourth-order valence-corrected chi connectivity index (χ4v) is 3.45. The number of hydrogen-bond donors (Lipinski definition) is 2. The number of aryl methyl sites for hydroxylation is 1. The first-order valence-corrected chi connectivity index (χ1v) is 8.63. The average Bonchev–Trinajstić information content (AvgIpc) is 2.54. The largest absolute Gasteiger partial charge is 0.366 e. The van der Waals surface area contributed by atoms with E-state index in [9.17, 15) is 13.2 Å². The smallest absolute Gasteiger partial charge is 0.261 e. The maximum atomic E-state index is 12.4. The van der Waals surface area contributed by atoms with Crippen LogP contribution in [0.15, 0.2) is 59.6 Å². The van der Waals surface area contributed by atoms with Crippen molar-refractivity contribution in [2.45, 2.75) is 11.8 Å². The van der Waals surface area contributed by atoms with Gasteiger partial charge < -0.3 is 5.73 Å². The van der Waals surface area contributed by atoms with E-state index in [1.165, 1.54) is 24.3 Å². The number of rotatable bonds is 4. The van der Waals surface area contributed by atoms with Crippen LogP contribution in [-0.4, -0.2) is 19.3 Å². The van der Waals surface area contributed by atoms with Crippen LogP contribution in [0.1, 0.15) is 16.1 Å². The summed E-state index contributed by atoms with van der Waals surface area (Å²) < 4.78 is 27.4. The highest BCUT2D eigenvalue weighted by molar-refractivity contribution is 7.92. The highest BCUT2D eigenvalue weighted by Gasteiger charge is 2.15. The van der Waals surface area contributed by atoms with Gasteiger partial charge >= 0.3 is 0 Å². The van der Waals surface area contributed by atoms with Gasteiger partial charge in [-0.3, -0.25) is 14.5 Å². The Morgan fingerprint density at radius 1 is 1.08 bits per heavy atom. The maximum Gasteiger partial charge on any atom is 0.261 e. The number of primary amides is 1. The molecule has 122 valence electrons. The van der Waals surface area contributed by atoms with Crippen LogP contribution in [0.2, 0.25) is 0 Å². The van der Waals surface area contributed by atoms with Crippen molar-refractivity contribution >= 4 is 32.4 Å². The number of carbonyl (C=O) groups excluding carboxylic acids is 1. The summed E-state index contributed by atoms with van der Waals surface area (Å²) in [6, 6.07) is 12.5. The van der Waals surface area contributed by atoms with Gasteiger partial charge in [-0.05, 0) is 54.8 Å². The van der Waals surface area contributed by atoms with E-state index in [2.05, 4.69) is 9.71 Å². The molecule has 2 aromatic carbocycles. The molecule has 1 heterocycles. The Labute approximate surface area is 139 Å². The molecular formula is C17H15N3O3S. The molecule has 6 nitrogen and oxygen atoms in total. The van der Waals surface area contributed by atoms with E-state index in [1.807, 2.05) is 19.1 Å². The molecular weight excluding hydrogens is 326 g/mol. The first-order valence-electron chi connectivity index (χ1n) is 7.15. The van der Waals surface area contributed by atoms with Crippen molar-refractivity contribution in [3.8, 4) is 0 Å². The van der Waals surface area contributed by atoms with Gasteiger partial charge in [-0.25, -0.2) is 8.42 Å². The third kappa shape index (κ3) is 3.07. The van der Waals surface area contributed by atoms with Crippen molar-refractivity contribution in [1.29, 1.82) is 0 Å². The molecule has 3 rings (SSSR count). The van der Waals surface area contributed by atoms with E-state index in [4.69, 9.17) is 5.73 Å². The van der Waals surface area contributed by atoms with Crippen LogP contribution in [0.4, 0.5) is 5.69 Å². The summed E-state index contributed by atoms with van der Waals surface area (Å²) in [6.45, 7) is 1.90. The minimum Gasteiger partial charge on any atom is -0.366 e. The number of nitrogens with zero attached hydrogens (tertiary/aromatic N) is 1. The molecule has 0 spiro atoms. The van der Waals surface area contributed by atoms with Crippen molar-refractivity contribution in [2.75, 3.05) is 4.72 Å². The Balaban J connectivity index is 1.93. The standard InChI is InChI=1S/C17H15N3O3S/c1-11-16-7-4-14(10-13(16)8-9-19-11)20-24(22,23)15-5-2-12(3-6-15)17(18)21/h2-10,20H,1H3,(H2,18,21). The fraction of sp³-hybridized carbons (Fsp3) is 0.0588. The second-order valence-electron chi connectivity index (χ2n) is 5.33. The zero-order valence-electron chi connectivity index (χ0n) is 12.9. The molecule has 0 aliphatic carbocycles. The highest BCUT2D eigenvalue weighted by atomic mass is 32.2. The van der Waals surface area contributed by atoms with Gasteiger partial charge in [0.25, 0.3) is 10.0 Å². The van der Waals surface area contributed by atoms with Crippen molar-refractivity contribution in [2.24, 2.45) is 5.73 Å². The summed E-state index contributed by atoms with van der Waals surface area (Å²) in [5, 5.41) is 1.86. The second kappa shape index (κ2) is 5.93. The second-order valence-corrected chi connectivity index (χ2v) is 7.01. The number of pyridine rings is 1. The Kier molecular flexibility index (Phi) is 3.94. The number of anilines is 1. The Morgan fingerprint density at radius 3 is 2.46 bits per heavy atom. The molecule has 0 fully saturated rings. The van der Waals surface area contributed by atoms with E-state index in [-0.39, 0.29) is 10.5 Å². The molecule has 0 bridgehead atoms. The highest BCUT2D eigenvalue weighted by Crippen LogP contribution is 2.23. The van der Waals surface area contributed by atoms with Crippen LogP contribution >= 0.6 is 0 Å². The Bertz CT molecular complexity index is 1030. The fourth-order valence-electron chi connectivity index (χ4n) is 2.40. The SMILES string of the molecule is Cc1nccc2cc(NS(=O)(=O)c3ccc(C(N)=O)cc3)ccc12. The quantitative estimate of drug-likeness (QED) is 0.761. The number of nitrogens with two attached hydrogens (primary N) is 1. The lowest BCUT2D eigenvalue weighted by molar-refractivity contribution is 0.1000. The van der Waals surface area contributed by atoms with Gasteiger partial charge in [0.15, 0.2) is 0 Å². The topological polar surface area (TPSA) is 102 Å². The van der Waals surface area contributed by atoms with Crippen LogP contribution in [0, 0.1) is 6.92 Å². The molecule has 7 heteroatoms. The number of sulfonamides is 1.